The Balaban J connectivity index is 3.10. The first-order chi connectivity index (χ1) is 6.10. The molecule has 1 rings (SSSR count). The lowest BCUT2D eigenvalue weighted by Crippen LogP contribution is -2.13. The van der Waals surface area contributed by atoms with E-state index in [-0.39, 0.29) is 5.41 Å². The molecule has 68 valence electrons. The molecule has 0 atom stereocenters. The summed E-state index contributed by atoms with van der Waals surface area (Å²) in [6.07, 6.45) is 5.44. The number of terminal acetylenes is 1. The molecular weight excluding hydrogens is 160 g/mol. The second-order valence-corrected chi connectivity index (χ2v) is 3.50. The van der Waals surface area contributed by atoms with E-state index in [0.717, 1.165) is 11.3 Å². The van der Waals surface area contributed by atoms with E-state index in [1.165, 1.54) is 0 Å². The molecule has 0 radical (unpaired) electrons. The summed E-state index contributed by atoms with van der Waals surface area (Å²) in [4.78, 5) is 0. The average molecular weight is 174 g/mol. The summed E-state index contributed by atoms with van der Waals surface area (Å²) >= 11 is 0. The molecule has 0 fully saturated rings. The number of hydrogen-bond acceptors (Lipinski definition) is 1. The Morgan fingerprint density at radius 1 is 1.38 bits per heavy atom. The monoisotopic (exact) mass is 174 g/mol. The summed E-state index contributed by atoms with van der Waals surface area (Å²) in [6, 6.07) is 7.85. The van der Waals surface area contributed by atoms with Gasteiger partial charge in [-0.15, -0.1) is 6.42 Å². The van der Waals surface area contributed by atoms with Crippen LogP contribution in [0.4, 0.5) is 0 Å². The van der Waals surface area contributed by atoms with Gasteiger partial charge < -0.3 is 4.74 Å². The second-order valence-electron chi connectivity index (χ2n) is 3.50. The van der Waals surface area contributed by atoms with Crippen LogP contribution < -0.4 is 4.74 Å². The first-order valence-corrected chi connectivity index (χ1v) is 4.22. The highest BCUT2D eigenvalue weighted by atomic mass is 16.5. The van der Waals surface area contributed by atoms with E-state index in [1.807, 2.05) is 38.1 Å². The molecule has 1 nitrogen and oxygen atoms in total. The zero-order valence-electron chi connectivity index (χ0n) is 8.29. The van der Waals surface area contributed by atoms with Crippen molar-refractivity contribution in [3.05, 3.63) is 29.8 Å². The minimum Gasteiger partial charge on any atom is -0.497 e. The lowest BCUT2D eigenvalue weighted by atomic mass is 9.86. The van der Waals surface area contributed by atoms with E-state index in [0.29, 0.717) is 0 Å². The Morgan fingerprint density at radius 2 is 2.08 bits per heavy atom. The molecule has 0 heterocycles. The molecule has 0 unspecified atom stereocenters. The van der Waals surface area contributed by atoms with Gasteiger partial charge in [0.15, 0.2) is 0 Å². The van der Waals surface area contributed by atoms with Crippen LogP contribution in [0.5, 0.6) is 5.75 Å². The summed E-state index contributed by atoms with van der Waals surface area (Å²) in [5.41, 5.74) is 0.878. The quantitative estimate of drug-likeness (QED) is 0.626. The summed E-state index contributed by atoms with van der Waals surface area (Å²) in [7, 11) is 1.65. The Hall–Kier alpha value is -1.42. The van der Waals surface area contributed by atoms with Gasteiger partial charge in [-0.05, 0) is 31.5 Å². The third-order valence-corrected chi connectivity index (χ3v) is 2.15. The van der Waals surface area contributed by atoms with Crippen molar-refractivity contribution in [1.29, 1.82) is 0 Å². The first kappa shape index (κ1) is 9.67. The molecule has 0 bridgehead atoms. The van der Waals surface area contributed by atoms with Crippen LogP contribution in [0.2, 0.25) is 0 Å². The van der Waals surface area contributed by atoms with Gasteiger partial charge in [0.2, 0.25) is 0 Å². The molecule has 0 saturated carbocycles. The van der Waals surface area contributed by atoms with Crippen LogP contribution in [-0.4, -0.2) is 7.11 Å². The first-order valence-electron chi connectivity index (χ1n) is 4.22. The van der Waals surface area contributed by atoms with Gasteiger partial charge in [0.1, 0.15) is 5.75 Å². The van der Waals surface area contributed by atoms with Crippen molar-refractivity contribution in [3.8, 4) is 18.1 Å². The topological polar surface area (TPSA) is 9.23 Å². The van der Waals surface area contributed by atoms with E-state index < -0.39 is 0 Å². The van der Waals surface area contributed by atoms with Gasteiger partial charge in [0.25, 0.3) is 0 Å². The van der Waals surface area contributed by atoms with Crippen molar-refractivity contribution in [2.45, 2.75) is 19.3 Å². The zero-order valence-corrected chi connectivity index (χ0v) is 8.29. The standard InChI is InChI=1S/C12H14O/c1-5-12(2,3)10-7-6-8-11(9-10)13-4/h1,6-9H,2-4H3. The predicted octanol–water partition coefficient (Wildman–Crippen LogP) is 2.61. The fraction of sp³-hybridized carbons (Fsp3) is 0.333. The van der Waals surface area contributed by atoms with Crippen molar-refractivity contribution in [3.63, 3.8) is 0 Å². The van der Waals surface area contributed by atoms with E-state index in [9.17, 15) is 0 Å². The number of ether oxygens (including phenoxy) is 1. The summed E-state index contributed by atoms with van der Waals surface area (Å²) < 4.78 is 5.13. The smallest absolute Gasteiger partial charge is 0.119 e. The van der Waals surface area contributed by atoms with Gasteiger partial charge in [-0.1, -0.05) is 18.1 Å². The van der Waals surface area contributed by atoms with Crippen molar-refractivity contribution < 1.29 is 4.74 Å². The Labute approximate surface area is 79.7 Å². The normalized spacial score (nSPS) is 10.6. The zero-order chi connectivity index (χ0) is 9.90. The Kier molecular flexibility index (Phi) is 2.63. The van der Waals surface area contributed by atoms with Gasteiger partial charge in [0, 0.05) is 0 Å². The van der Waals surface area contributed by atoms with Crippen LogP contribution in [0.25, 0.3) is 0 Å². The SMILES string of the molecule is C#CC(C)(C)c1cccc(OC)c1. The van der Waals surface area contributed by atoms with Crippen LogP contribution in [0, 0.1) is 12.3 Å². The minimum absolute atomic E-state index is 0.228. The fourth-order valence-electron chi connectivity index (χ4n) is 1.10. The summed E-state index contributed by atoms with van der Waals surface area (Å²) in [6.45, 7) is 4.03. The predicted molar refractivity (Wildman–Crippen MR) is 54.9 cm³/mol. The molecular formula is C12H14O. The number of rotatable bonds is 2. The maximum Gasteiger partial charge on any atom is 0.119 e. The van der Waals surface area contributed by atoms with Crippen LogP contribution in [0.1, 0.15) is 19.4 Å². The van der Waals surface area contributed by atoms with E-state index in [2.05, 4.69) is 5.92 Å². The largest absolute Gasteiger partial charge is 0.497 e. The van der Waals surface area contributed by atoms with Crippen LogP contribution in [-0.2, 0) is 5.41 Å². The maximum absolute atomic E-state index is 5.44. The molecule has 0 aliphatic carbocycles. The third-order valence-electron chi connectivity index (χ3n) is 2.15. The van der Waals surface area contributed by atoms with Gasteiger partial charge in [-0.3, -0.25) is 0 Å². The molecule has 1 aromatic carbocycles. The number of hydrogen-bond donors (Lipinski definition) is 0. The van der Waals surface area contributed by atoms with E-state index in [1.54, 1.807) is 7.11 Å². The highest BCUT2D eigenvalue weighted by molar-refractivity contribution is 5.37. The van der Waals surface area contributed by atoms with Gasteiger partial charge >= 0.3 is 0 Å². The Morgan fingerprint density at radius 3 is 2.62 bits per heavy atom. The second kappa shape index (κ2) is 3.53. The average Bonchev–Trinajstić information content (AvgIpc) is 2.18. The lowest BCUT2D eigenvalue weighted by Gasteiger charge is -2.18. The fourth-order valence-corrected chi connectivity index (χ4v) is 1.10. The van der Waals surface area contributed by atoms with Crippen molar-refractivity contribution in [2.75, 3.05) is 7.11 Å². The third kappa shape index (κ3) is 2.03. The van der Waals surface area contributed by atoms with Crippen molar-refractivity contribution in [1.82, 2.24) is 0 Å². The summed E-state index contributed by atoms with van der Waals surface area (Å²) in [5.74, 6) is 3.60. The molecule has 0 aromatic heterocycles. The van der Waals surface area contributed by atoms with E-state index >= 15 is 0 Å². The molecule has 1 heteroatoms. The van der Waals surface area contributed by atoms with Gasteiger partial charge in [-0.2, -0.15) is 0 Å². The Bertz CT molecular complexity index is 331. The molecule has 0 spiro atoms. The van der Waals surface area contributed by atoms with Gasteiger partial charge in [0.05, 0.1) is 12.5 Å². The molecule has 0 aliphatic rings. The van der Waals surface area contributed by atoms with E-state index in [4.69, 9.17) is 11.2 Å². The summed E-state index contributed by atoms with van der Waals surface area (Å²) in [5, 5.41) is 0. The minimum atomic E-state index is -0.228. The van der Waals surface area contributed by atoms with Crippen LogP contribution in [0.3, 0.4) is 0 Å². The molecule has 0 N–H and O–H groups in total. The van der Waals surface area contributed by atoms with Gasteiger partial charge in [-0.25, -0.2) is 0 Å². The molecule has 13 heavy (non-hydrogen) atoms. The highest BCUT2D eigenvalue weighted by Crippen LogP contribution is 2.25. The molecule has 0 saturated heterocycles. The van der Waals surface area contributed by atoms with Crippen LogP contribution >= 0.6 is 0 Å². The lowest BCUT2D eigenvalue weighted by molar-refractivity contribution is 0.413. The van der Waals surface area contributed by atoms with Crippen molar-refractivity contribution in [2.24, 2.45) is 0 Å². The highest BCUT2D eigenvalue weighted by Gasteiger charge is 2.16. The number of methoxy groups -OCH3 is 1. The van der Waals surface area contributed by atoms with Crippen molar-refractivity contribution >= 4 is 0 Å². The number of benzene rings is 1. The molecule has 0 amide bonds. The molecule has 1 aromatic rings. The molecule has 0 aliphatic heterocycles. The van der Waals surface area contributed by atoms with Crippen LogP contribution in [0.15, 0.2) is 24.3 Å². The maximum atomic E-state index is 5.44.